The Balaban J connectivity index is 1.45. The van der Waals surface area contributed by atoms with Crippen LogP contribution in [0.25, 0.3) is 22.2 Å². The molecule has 162 valence electrons. The van der Waals surface area contributed by atoms with Gasteiger partial charge in [0, 0.05) is 0 Å². The Hall–Kier alpha value is -3.18. The molecule has 5 aromatic rings. The monoisotopic (exact) mass is 516 g/mol. The van der Waals surface area contributed by atoms with Crippen LogP contribution in [0.1, 0.15) is 15.3 Å². The number of aromatic nitrogens is 2. The molecule has 33 heavy (non-hydrogen) atoms. The van der Waals surface area contributed by atoms with E-state index in [9.17, 15) is 8.42 Å². The maximum absolute atomic E-state index is 14.0. The second kappa shape index (κ2) is 7.99. The Morgan fingerprint density at radius 3 is 2.24 bits per heavy atom. The van der Waals surface area contributed by atoms with Crippen molar-refractivity contribution in [2.24, 2.45) is 0 Å². The Labute approximate surface area is 199 Å². The first kappa shape index (κ1) is 20.4. The van der Waals surface area contributed by atoms with E-state index < -0.39 is 14.0 Å². The Morgan fingerprint density at radius 2 is 1.42 bits per heavy atom. The van der Waals surface area contributed by atoms with Gasteiger partial charge >= 0.3 is 199 Å². The van der Waals surface area contributed by atoms with Crippen molar-refractivity contribution in [2.75, 3.05) is 0 Å². The van der Waals surface area contributed by atoms with Crippen LogP contribution in [-0.4, -0.2) is 32.9 Å². The van der Waals surface area contributed by atoms with Gasteiger partial charge in [-0.15, -0.1) is 0 Å². The van der Waals surface area contributed by atoms with Crippen LogP contribution in [0.5, 0.6) is 0 Å². The van der Waals surface area contributed by atoms with Crippen molar-refractivity contribution in [2.45, 2.75) is 15.8 Å². The second-order valence-electron chi connectivity index (χ2n) is 8.05. The van der Waals surface area contributed by atoms with Gasteiger partial charge in [-0.1, -0.05) is 0 Å². The minimum atomic E-state index is -3.68. The van der Waals surface area contributed by atoms with Crippen LogP contribution in [0.2, 0.25) is 0 Å². The van der Waals surface area contributed by atoms with Crippen LogP contribution < -0.4 is 4.46 Å². The number of hydrogen-bond donors (Lipinski definition) is 0. The summed E-state index contributed by atoms with van der Waals surface area (Å²) in [5.74, 6) is 0. The number of hydrogen-bond acceptors (Lipinski definition) is 3. The van der Waals surface area contributed by atoms with Crippen LogP contribution in [0.4, 0.5) is 0 Å². The molecule has 0 aliphatic carbocycles. The third kappa shape index (κ3) is 3.51. The molecule has 6 heteroatoms. The molecule has 1 atom stereocenters. The summed E-state index contributed by atoms with van der Waals surface area (Å²) in [4.78, 5) is 4.58. The summed E-state index contributed by atoms with van der Waals surface area (Å²) in [6.07, 6.45) is 0. The van der Waals surface area contributed by atoms with Gasteiger partial charge in [0.1, 0.15) is 0 Å². The Bertz CT molecular complexity index is 1580. The molecule has 1 aliphatic rings. The second-order valence-corrected chi connectivity index (χ2v) is 13.1. The average Bonchev–Trinajstić information content (AvgIpc) is 3.19. The fourth-order valence-corrected chi connectivity index (χ4v) is 9.75. The molecule has 0 spiro atoms. The summed E-state index contributed by atoms with van der Waals surface area (Å²) in [5.41, 5.74) is 5.77. The van der Waals surface area contributed by atoms with Crippen LogP contribution in [0, 0.1) is 0 Å². The summed E-state index contributed by atoms with van der Waals surface area (Å²) < 4.78 is 30.3. The van der Waals surface area contributed by atoms with Gasteiger partial charge in [0.05, 0.1) is 0 Å². The van der Waals surface area contributed by atoms with Crippen molar-refractivity contribution in [3.63, 3.8) is 0 Å². The zero-order valence-electron chi connectivity index (χ0n) is 17.6. The van der Waals surface area contributed by atoms with Crippen molar-refractivity contribution < 1.29 is 8.42 Å². The van der Waals surface area contributed by atoms with E-state index in [0.717, 1.165) is 32.2 Å². The van der Waals surface area contributed by atoms with Gasteiger partial charge in [0.25, 0.3) is 0 Å². The van der Waals surface area contributed by atoms with Crippen molar-refractivity contribution in [3.05, 3.63) is 114 Å². The summed E-state index contributed by atoms with van der Waals surface area (Å²) >= 11 is -0.322. The summed E-state index contributed by atoms with van der Waals surface area (Å²) in [5, 5.41) is 0.174. The third-order valence-electron chi connectivity index (χ3n) is 6.00. The fourth-order valence-electron chi connectivity index (χ4n) is 4.37. The molecule has 1 unspecified atom stereocenters. The predicted octanol–water partition coefficient (Wildman–Crippen LogP) is 4.57. The predicted molar refractivity (Wildman–Crippen MR) is 132 cm³/mol. The van der Waals surface area contributed by atoms with Crippen molar-refractivity contribution in [1.29, 1.82) is 0 Å². The topological polar surface area (TPSA) is 52.0 Å². The molecule has 0 saturated heterocycles. The Morgan fingerprint density at radius 1 is 0.758 bits per heavy atom. The number of imidazole rings is 1. The van der Waals surface area contributed by atoms with Gasteiger partial charge in [0.15, 0.2) is 0 Å². The first-order valence-corrected chi connectivity index (χ1v) is 14.1. The van der Waals surface area contributed by atoms with E-state index in [1.807, 2.05) is 71.3 Å². The molecule has 1 aromatic heterocycles. The molecule has 0 saturated carbocycles. The van der Waals surface area contributed by atoms with Crippen LogP contribution >= 0.6 is 0 Å². The van der Waals surface area contributed by atoms with E-state index in [1.165, 1.54) is 0 Å². The quantitative estimate of drug-likeness (QED) is 0.331. The SMILES string of the molecule is O=S1(=O)c2nc3ccccc3n2Cc2ccccc2C1[Se]c1ccc(-c2ccccc2)cc1. The minimum absolute atomic E-state index is 0.174. The van der Waals surface area contributed by atoms with Gasteiger partial charge in [-0.3, -0.25) is 0 Å². The molecule has 4 nitrogen and oxygen atoms in total. The normalized spacial score (nSPS) is 16.7. The number of benzene rings is 4. The summed E-state index contributed by atoms with van der Waals surface area (Å²) in [6, 6.07) is 34.1. The molecular formula is C27H20N2O2SSe. The molecule has 0 N–H and O–H groups in total. The molecule has 0 fully saturated rings. The first-order chi connectivity index (χ1) is 16.1. The van der Waals surface area contributed by atoms with Gasteiger partial charge in [0.2, 0.25) is 0 Å². The molecule has 0 bridgehead atoms. The van der Waals surface area contributed by atoms with Crippen LogP contribution in [0.15, 0.2) is 108 Å². The van der Waals surface area contributed by atoms with Crippen LogP contribution in [0.3, 0.4) is 0 Å². The van der Waals surface area contributed by atoms with E-state index in [4.69, 9.17) is 0 Å². The Kier molecular flexibility index (Phi) is 4.95. The van der Waals surface area contributed by atoms with Crippen LogP contribution in [-0.2, 0) is 16.4 Å². The summed E-state index contributed by atoms with van der Waals surface area (Å²) in [6.45, 7) is 0.505. The van der Waals surface area contributed by atoms with E-state index in [0.29, 0.717) is 12.1 Å². The van der Waals surface area contributed by atoms with E-state index >= 15 is 0 Å². The molecule has 2 heterocycles. The third-order valence-corrected chi connectivity index (χ3v) is 11.9. The van der Waals surface area contributed by atoms with E-state index in [-0.39, 0.29) is 20.1 Å². The fraction of sp³-hybridized carbons (Fsp3) is 0.0741. The molecule has 4 aromatic carbocycles. The standard InChI is InChI=1S/C27H20N2O2SSe/c30-32(31)26(33-22-16-14-20(15-17-22)19-8-2-1-3-9-19)23-11-5-4-10-21(23)18-29-25-13-7-6-12-24(25)28-27(29)32/h1-17,26H,18H2. The van der Waals surface area contributed by atoms with Gasteiger partial charge in [-0.25, -0.2) is 0 Å². The summed E-state index contributed by atoms with van der Waals surface area (Å²) in [7, 11) is -3.68. The molecule has 6 rings (SSSR count). The first-order valence-electron chi connectivity index (χ1n) is 10.7. The number of para-hydroxylation sites is 2. The molecule has 0 radical (unpaired) electrons. The average molecular weight is 515 g/mol. The van der Waals surface area contributed by atoms with E-state index in [2.05, 4.69) is 41.4 Å². The van der Waals surface area contributed by atoms with Gasteiger partial charge < -0.3 is 0 Å². The van der Waals surface area contributed by atoms with Gasteiger partial charge in [-0.2, -0.15) is 0 Å². The van der Waals surface area contributed by atoms with Crippen molar-refractivity contribution in [3.8, 4) is 11.1 Å². The van der Waals surface area contributed by atoms with Crippen molar-refractivity contribution >= 4 is 40.3 Å². The molecule has 0 amide bonds. The maximum atomic E-state index is 14.0. The number of rotatable bonds is 3. The molecular weight excluding hydrogens is 495 g/mol. The zero-order valence-corrected chi connectivity index (χ0v) is 20.2. The van der Waals surface area contributed by atoms with Crippen molar-refractivity contribution in [1.82, 2.24) is 9.55 Å². The molecule has 1 aliphatic heterocycles. The number of fused-ring (bicyclic) bond motifs is 4. The van der Waals surface area contributed by atoms with E-state index in [1.54, 1.807) is 0 Å². The number of nitrogens with zero attached hydrogens (tertiary/aromatic N) is 2. The number of sulfone groups is 1. The van der Waals surface area contributed by atoms with Gasteiger partial charge in [-0.05, 0) is 0 Å². The zero-order chi connectivity index (χ0) is 22.4.